The van der Waals surface area contributed by atoms with E-state index in [-0.39, 0.29) is 24.1 Å². The average molecular weight is 326 g/mol. The van der Waals surface area contributed by atoms with Crippen LogP contribution in [0.3, 0.4) is 0 Å². The zero-order chi connectivity index (χ0) is 16.7. The highest BCUT2D eigenvalue weighted by Crippen LogP contribution is 2.44. The van der Waals surface area contributed by atoms with Crippen molar-refractivity contribution in [3.05, 3.63) is 42.2 Å². The highest BCUT2D eigenvalue weighted by Gasteiger charge is 2.47. The third kappa shape index (κ3) is 2.66. The minimum atomic E-state index is -0.810. The Kier molecular flexibility index (Phi) is 3.55. The van der Waals surface area contributed by atoms with E-state index in [1.807, 2.05) is 30.3 Å². The number of carbonyl (C=O) groups excluding carboxylic acids is 1. The maximum Gasteiger partial charge on any atom is 0.308 e. The van der Waals surface area contributed by atoms with Crippen LogP contribution in [0.4, 0.5) is 0 Å². The number of para-hydroxylation sites is 1. The van der Waals surface area contributed by atoms with E-state index in [9.17, 15) is 14.7 Å². The first kappa shape index (κ1) is 14.9. The van der Waals surface area contributed by atoms with Gasteiger partial charge in [-0.25, -0.2) is 0 Å². The van der Waals surface area contributed by atoms with Crippen molar-refractivity contribution in [3.63, 3.8) is 0 Å². The van der Waals surface area contributed by atoms with Gasteiger partial charge in [0.2, 0.25) is 0 Å². The monoisotopic (exact) mass is 326 g/mol. The van der Waals surface area contributed by atoms with Crippen LogP contribution >= 0.6 is 0 Å². The number of nitrogens with zero attached hydrogens (tertiary/aromatic N) is 4. The lowest BCUT2D eigenvalue weighted by Gasteiger charge is -2.14. The van der Waals surface area contributed by atoms with Crippen molar-refractivity contribution in [3.8, 4) is 5.69 Å². The molecule has 1 amide bonds. The van der Waals surface area contributed by atoms with Crippen LogP contribution in [-0.4, -0.2) is 50.0 Å². The summed E-state index contributed by atoms with van der Waals surface area (Å²) in [5, 5.41) is 17.8. The molecule has 1 aliphatic carbocycles. The lowest BCUT2D eigenvalue weighted by atomic mass is 9.92. The molecule has 2 atom stereocenters. The predicted octanol–water partition coefficient (Wildman–Crippen LogP) is 1.45. The third-order valence-corrected chi connectivity index (χ3v) is 4.90. The van der Waals surface area contributed by atoms with E-state index >= 15 is 0 Å². The molecule has 1 aromatic carbocycles. The minimum absolute atomic E-state index is 0.0654. The van der Waals surface area contributed by atoms with Gasteiger partial charge in [0.25, 0.3) is 5.91 Å². The molecule has 7 heteroatoms. The average Bonchev–Trinajstić information content (AvgIpc) is 3.15. The third-order valence-electron chi connectivity index (χ3n) is 4.90. The molecule has 2 heterocycles. The van der Waals surface area contributed by atoms with Crippen molar-refractivity contribution < 1.29 is 14.7 Å². The molecule has 2 fully saturated rings. The standard InChI is InChI=1S/C17H18N4O3/c22-16(15-8-18-21(19-15)12-4-2-1-3-5-12)20-9-13(11-6-7-11)14(10-20)17(23)24/h1-5,8,11,13-14H,6-7,9-10H2,(H,23,24)/t13-,14+/m1/s1. The molecule has 0 bridgehead atoms. The number of carboxylic acid groups (broad SMARTS) is 1. The number of hydrogen-bond acceptors (Lipinski definition) is 4. The Morgan fingerprint density at radius 3 is 2.54 bits per heavy atom. The zero-order valence-electron chi connectivity index (χ0n) is 13.1. The summed E-state index contributed by atoms with van der Waals surface area (Å²) in [6.45, 7) is 0.756. The maximum atomic E-state index is 12.7. The molecule has 1 aromatic heterocycles. The van der Waals surface area contributed by atoms with Crippen molar-refractivity contribution >= 4 is 11.9 Å². The van der Waals surface area contributed by atoms with Gasteiger partial charge in [-0.2, -0.15) is 9.90 Å². The van der Waals surface area contributed by atoms with E-state index in [4.69, 9.17) is 0 Å². The largest absolute Gasteiger partial charge is 0.481 e. The molecule has 1 saturated carbocycles. The van der Waals surface area contributed by atoms with Gasteiger partial charge in [0.15, 0.2) is 5.69 Å². The molecule has 1 saturated heterocycles. The van der Waals surface area contributed by atoms with Crippen LogP contribution in [0, 0.1) is 17.8 Å². The normalized spacial score (nSPS) is 23.4. The SMILES string of the molecule is O=C(O)[C@H]1CN(C(=O)c2cnn(-c3ccccc3)n2)C[C@@H]1C1CC1. The van der Waals surface area contributed by atoms with E-state index in [2.05, 4.69) is 10.2 Å². The number of benzene rings is 1. The quantitative estimate of drug-likeness (QED) is 0.919. The number of hydrogen-bond donors (Lipinski definition) is 1. The van der Waals surface area contributed by atoms with Gasteiger partial charge in [0, 0.05) is 13.1 Å². The van der Waals surface area contributed by atoms with Crippen LogP contribution in [-0.2, 0) is 4.79 Å². The maximum absolute atomic E-state index is 12.7. The fourth-order valence-electron chi connectivity index (χ4n) is 3.47. The molecule has 124 valence electrons. The first-order valence-electron chi connectivity index (χ1n) is 8.13. The fourth-order valence-corrected chi connectivity index (χ4v) is 3.47. The van der Waals surface area contributed by atoms with E-state index in [1.165, 1.54) is 11.0 Å². The minimum Gasteiger partial charge on any atom is -0.481 e. The molecule has 0 spiro atoms. The summed E-state index contributed by atoms with van der Waals surface area (Å²) >= 11 is 0. The van der Waals surface area contributed by atoms with Crippen LogP contribution in [0.25, 0.3) is 5.69 Å². The molecule has 4 rings (SSSR count). The number of carboxylic acids is 1. The number of rotatable bonds is 4. The lowest BCUT2D eigenvalue weighted by molar-refractivity contribution is -0.142. The van der Waals surface area contributed by atoms with Gasteiger partial charge in [-0.3, -0.25) is 9.59 Å². The second kappa shape index (κ2) is 5.74. The number of likely N-dealkylation sites (tertiary alicyclic amines) is 1. The molecular formula is C17H18N4O3. The summed E-state index contributed by atoms with van der Waals surface area (Å²) in [5.41, 5.74) is 1.02. The number of carbonyl (C=O) groups is 2. The Morgan fingerprint density at radius 2 is 1.88 bits per heavy atom. The molecule has 7 nitrogen and oxygen atoms in total. The smallest absolute Gasteiger partial charge is 0.308 e. The van der Waals surface area contributed by atoms with Gasteiger partial charge < -0.3 is 10.0 Å². The van der Waals surface area contributed by atoms with Crippen molar-refractivity contribution in [1.82, 2.24) is 19.9 Å². The Hall–Kier alpha value is -2.70. The van der Waals surface area contributed by atoms with Crippen LogP contribution < -0.4 is 0 Å². The van der Waals surface area contributed by atoms with Crippen molar-refractivity contribution in [2.75, 3.05) is 13.1 Å². The molecule has 1 aliphatic heterocycles. The molecule has 0 unspecified atom stereocenters. The van der Waals surface area contributed by atoms with E-state index in [0.717, 1.165) is 18.5 Å². The second-order valence-electron chi connectivity index (χ2n) is 6.51. The van der Waals surface area contributed by atoms with E-state index < -0.39 is 11.9 Å². The van der Waals surface area contributed by atoms with Crippen LogP contribution in [0.1, 0.15) is 23.3 Å². The van der Waals surface area contributed by atoms with Crippen LogP contribution in [0.2, 0.25) is 0 Å². The Bertz CT molecular complexity index is 769. The van der Waals surface area contributed by atoms with Crippen molar-refractivity contribution in [2.45, 2.75) is 12.8 Å². The van der Waals surface area contributed by atoms with Gasteiger partial charge in [-0.15, -0.1) is 5.10 Å². The summed E-state index contributed by atoms with van der Waals surface area (Å²) < 4.78 is 0. The highest BCUT2D eigenvalue weighted by atomic mass is 16.4. The highest BCUT2D eigenvalue weighted by molar-refractivity contribution is 5.92. The molecule has 2 aliphatic rings. The summed E-state index contributed by atoms with van der Waals surface area (Å²) in [6.07, 6.45) is 3.58. The van der Waals surface area contributed by atoms with E-state index in [0.29, 0.717) is 12.5 Å². The summed E-state index contributed by atoms with van der Waals surface area (Å²) in [7, 11) is 0. The van der Waals surface area contributed by atoms with Crippen molar-refractivity contribution in [2.24, 2.45) is 17.8 Å². The summed E-state index contributed by atoms with van der Waals surface area (Å²) in [5.74, 6) is -1.01. The van der Waals surface area contributed by atoms with Gasteiger partial charge in [0.05, 0.1) is 17.8 Å². The number of aromatic nitrogens is 3. The topological polar surface area (TPSA) is 88.3 Å². The Morgan fingerprint density at radius 1 is 1.12 bits per heavy atom. The van der Waals surface area contributed by atoms with Gasteiger partial charge in [-0.05, 0) is 36.8 Å². The number of amides is 1. The fraction of sp³-hybridized carbons (Fsp3) is 0.412. The van der Waals surface area contributed by atoms with E-state index in [1.54, 1.807) is 4.90 Å². The molecule has 2 aromatic rings. The first-order valence-corrected chi connectivity index (χ1v) is 8.13. The number of aliphatic carboxylic acids is 1. The zero-order valence-corrected chi connectivity index (χ0v) is 13.1. The van der Waals surface area contributed by atoms with Crippen LogP contribution in [0.15, 0.2) is 36.5 Å². The van der Waals surface area contributed by atoms with Crippen molar-refractivity contribution in [1.29, 1.82) is 0 Å². The van der Waals surface area contributed by atoms with Crippen LogP contribution in [0.5, 0.6) is 0 Å². The molecule has 1 N–H and O–H groups in total. The molecule has 24 heavy (non-hydrogen) atoms. The van der Waals surface area contributed by atoms with Gasteiger partial charge >= 0.3 is 5.97 Å². The van der Waals surface area contributed by atoms with Gasteiger partial charge in [0.1, 0.15) is 0 Å². The lowest BCUT2D eigenvalue weighted by Crippen LogP contribution is -2.30. The van der Waals surface area contributed by atoms with Gasteiger partial charge in [-0.1, -0.05) is 18.2 Å². The Labute approximate surface area is 138 Å². The first-order chi connectivity index (χ1) is 11.6. The molecule has 0 radical (unpaired) electrons. The Balaban J connectivity index is 1.52. The summed E-state index contributed by atoms with van der Waals surface area (Å²) in [4.78, 5) is 27.2. The summed E-state index contributed by atoms with van der Waals surface area (Å²) in [6, 6.07) is 9.35. The second-order valence-corrected chi connectivity index (χ2v) is 6.51. The molecular weight excluding hydrogens is 308 g/mol. The predicted molar refractivity (Wildman–Crippen MR) is 84.6 cm³/mol.